The van der Waals surface area contributed by atoms with Crippen molar-refractivity contribution in [3.05, 3.63) is 42.3 Å². The molecule has 7 nitrogen and oxygen atoms in total. The van der Waals surface area contributed by atoms with Crippen LogP contribution >= 0.6 is 0 Å². The monoisotopic (exact) mass is 381 g/mol. The fraction of sp³-hybridized carbons (Fsp3) is 0.500. The Morgan fingerprint density at radius 1 is 1.23 bits per heavy atom. The van der Waals surface area contributed by atoms with Gasteiger partial charge in [0, 0.05) is 5.92 Å². The van der Waals surface area contributed by atoms with E-state index in [1.807, 2.05) is 30.3 Å². The minimum atomic E-state index is -3.59. The number of carbonyl (C=O) groups excluding carboxylic acids is 2. The molecule has 1 radical (unpaired) electrons. The number of nitrogens with two attached hydrogens (primary N) is 2. The summed E-state index contributed by atoms with van der Waals surface area (Å²) in [5.41, 5.74) is 11.7. The van der Waals surface area contributed by atoms with E-state index in [1.54, 1.807) is 6.42 Å². The van der Waals surface area contributed by atoms with Crippen molar-refractivity contribution in [1.29, 1.82) is 0 Å². The van der Waals surface area contributed by atoms with Gasteiger partial charge in [0.05, 0.1) is 11.9 Å². The van der Waals surface area contributed by atoms with Crippen molar-refractivity contribution in [1.82, 2.24) is 0 Å². The Labute approximate surface area is 153 Å². The number of hydrogen-bond acceptors (Lipinski definition) is 5. The SMILES string of the molecule is NC(=O)C1CC([C@H](C[C@@H](O)[CH]Cc2ccccc2)C(N)=O)CCS1(=O)=O. The summed E-state index contributed by atoms with van der Waals surface area (Å²) in [5, 5.41) is 8.97. The molecule has 1 heterocycles. The van der Waals surface area contributed by atoms with Gasteiger partial charge in [0.15, 0.2) is 9.84 Å². The van der Waals surface area contributed by atoms with E-state index < -0.39 is 44.8 Å². The number of carbonyl (C=O) groups is 2. The standard InChI is InChI=1S/C18H25N2O5S/c19-17(22)15(11-14(21)7-6-12-4-2-1-3-5-12)13-8-9-26(24,25)16(10-13)18(20)23/h1-5,7,13-16,21H,6,8-11H2,(H2,19,22)(H2,20,23)/t13?,14-,15-,16?/m0/s1. The van der Waals surface area contributed by atoms with E-state index in [1.165, 1.54) is 0 Å². The molecule has 2 unspecified atom stereocenters. The van der Waals surface area contributed by atoms with E-state index in [0.29, 0.717) is 6.42 Å². The van der Waals surface area contributed by atoms with E-state index in [2.05, 4.69) is 0 Å². The highest BCUT2D eigenvalue weighted by molar-refractivity contribution is 7.92. The number of rotatable bonds is 8. The van der Waals surface area contributed by atoms with Crippen LogP contribution in [0, 0.1) is 18.3 Å². The summed E-state index contributed by atoms with van der Waals surface area (Å²) in [6.07, 6.45) is 1.66. The second-order valence-corrected chi connectivity index (χ2v) is 9.08. The summed E-state index contributed by atoms with van der Waals surface area (Å²) in [4.78, 5) is 23.3. The lowest BCUT2D eigenvalue weighted by Crippen LogP contribution is -2.46. The number of primary amides is 2. The Hall–Kier alpha value is -1.93. The van der Waals surface area contributed by atoms with Crippen LogP contribution in [0.4, 0.5) is 0 Å². The van der Waals surface area contributed by atoms with E-state index in [-0.39, 0.29) is 25.0 Å². The van der Waals surface area contributed by atoms with Crippen LogP contribution in [0.3, 0.4) is 0 Å². The van der Waals surface area contributed by atoms with Crippen molar-refractivity contribution in [3.63, 3.8) is 0 Å². The van der Waals surface area contributed by atoms with E-state index in [4.69, 9.17) is 11.5 Å². The molecule has 1 aliphatic rings. The van der Waals surface area contributed by atoms with Crippen LogP contribution in [-0.2, 0) is 25.8 Å². The van der Waals surface area contributed by atoms with Gasteiger partial charge in [-0.25, -0.2) is 8.42 Å². The molecule has 4 atom stereocenters. The van der Waals surface area contributed by atoms with Gasteiger partial charge in [-0.3, -0.25) is 9.59 Å². The second kappa shape index (κ2) is 8.64. The lowest BCUT2D eigenvalue weighted by atomic mass is 9.81. The Morgan fingerprint density at radius 3 is 2.46 bits per heavy atom. The zero-order valence-corrected chi connectivity index (χ0v) is 15.3. The second-order valence-electron chi connectivity index (χ2n) is 6.78. The van der Waals surface area contributed by atoms with Gasteiger partial charge in [-0.2, -0.15) is 0 Å². The van der Waals surface area contributed by atoms with Crippen LogP contribution in [0.1, 0.15) is 24.8 Å². The zero-order valence-electron chi connectivity index (χ0n) is 14.5. The lowest BCUT2D eigenvalue weighted by molar-refractivity contribution is -0.125. The maximum absolute atomic E-state index is 12.0. The first-order chi connectivity index (χ1) is 12.2. The predicted molar refractivity (Wildman–Crippen MR) is 97.2 cm³/mol. The molecule has 5 N–H and O–H groups in total. The van der Waals surface area contributed by atoms with Gasteiger partial charge >= 0.3 is 0 Å². The Kier molecular flexibility index (Phi) is 6.77. The molecule has 1 aliphatic heterocycles. The third kappa shape index (κ3) is 5.28. The number of aliphatic hydroxyl groups is 1. The van der Waals surface area contributed by atoms with Crippen LogP contribution < -0.4 is 11.5 Å². The van der Waals surface area contributed by atoms with Gasteiger partial charge in [-0.1, -0.05) is 30.3 Å². The summed E-state index contributed by atoms with van der Waals surface area (Å²) in [6, 6.07) is 9.55. The molecule has 0 saturated carbocycles. The fourth-order valence-corrected chi connectivity index (χ4v) is 5.25. The largest absolute Gasteiger partial charge is 0.393 e. The minimum Gasteiger partial charge on any atom is -0.393 e. The van der Waals surface area contributed by atoms with Crippen LogP contribution in [0.25, 0.3) is 0 Å². The first kappa shape index (κ1) is 20.4. The quantitative estimate of drug-likeness (QED) is 0.580. The third-order valence-electron chi connectivity index (χ3n) is 4.94. The van der Waals surface area contributed by atoms with Crippen molar-refractivity contribution >= 4 is 21.7 Å². The smallest absolute Gasteiger partial charge is 0.235 e. The van der Waals surface area contributed by atoms with Gasteiger partial charge in [-0.15, -0.1) is 0 Å². The van der Waals surface area contributed by atoms with E-state index in [0.717, 1.165) is 5.56 Å². The zero-order chi connectivity index (χ0) is 19.3. The van der Waals surface area contributed by atoms with Crippen LogP contribution in [0.15, 0.2) is 30.3 Å². The summed E-state index contributed by atoms with van der Waals surface area (Å²) in [6.45, 7) is 0. The summed E-state index contributed by atoms with van der Waals surface area (Å²) in [7, 11) is -3.59. The van der Waals surface area contributed by atoms with Crippen LogP contribution in [0.5, 0.6) is 0 Å². The average Bonchev–Trinajstić information content (AvgIpc) is 2.58. The van der Waals surface area contributed by atoms with Gasteiger partial charge in [0.1, 0.15) is 5.25 Å². The Balaban J connectivity index is 1.99. The van der Waals surface area contributed by atoms with Crippen LogP contribution in [0.2, 0.25) is 0 Å². The lowest BCUT2D eigenvalue weighted by Gasteiger charge is -2.32. The van der Waals surface area contributed by atoms with E-state index >= 15 is 0 Å². The van der Waals surface area contributed by atoms with Crippen molar-refractivity contribution < 1.29 is 23.1 Å². The number of sulfone groups is 1. The van der Waals surface area contributed by atoms with Gasteiger partial charge in [0.25, 0.3) is 0 Å². The predicted octanol–water partition coefficient (Wildman–Crippen LogP) is -0.0354. The molecule has 1 fully saturated rings. The molecule has 0 aromatic heterocycles. The number of aliphatic hydroxyl groups excluding tert-OH is 1. The normalized spacial score (nSPS) is 24.5. The molecule has 26 heavy (non-hydrogen) atoms. The minimum absolute atomic E-state index is 0.0311. The topological polar surface area (TPSA) is 141 Å². The molecule has 8 heteroatoms. The molecule has 2 amide bonds. The maximum Gasteiger partial charge on any atom is 0.235 e. The number of hydrogen-bond donors (Lipinski definition) is 3. The number of amides is 2. The van der Waals surface area contributed by atoms with Gasteiger partial charge in [-0.05, 0) is 43.6 Å². The van der Waals surface area contributed by atoms with Crippen LogP contribution in [-0.4, -0.2) is 42.4 Å². The molecule has 1 aromatic rings. The van der Waals surface area contributed by atoms with Crippen molar-refractivity contribution in [2.24, 2.45) is 23.3 Å². The molecular formula is C18H25N2O5S. The number of benzene rings is 1. The third-order valence-corrected chi connectivity index (χ3v) is 7.04. The first-order valence-electron chi connectivity index (χ1n) is 8.56. The Bertz CT molecular complexity index is 735. The van der Waals surface area contributed by atoms with Crippen molar-refractivity contribution in [3.8, 4) is 0 Å². The van der Waals surface area contributed by atoms with Gasteiger partial charge < -0.3 is 16.6 Å². The average molecular weight is 381 g/mol. The van der Waals surface area contributed by atoms with Gasteiger partial charge in [0.2, 0.25) is 11.8 Å². The fourth-order valence-electron chi connectivity index (χ4n) is 3.44. The highest BCUT2D eigenvalue weighted by atomic mass is 32.2. The highest BCUT2D eigenvalue weighted by Crippen LogP contribution is 2.33. The Morgan fingerprint density at radius 2 is 1.88 bits per heavy atom. The first-order valence-corrected chi connectivity index (χ1v) is 10.3. The van der Waals surface area contributed by atoms with Crippen molar-refractivity contribution in [2.75, 3.05) is 5.75 Å². The summed E-state index contributed by atoms with van der Waals surface area (Å²) in [5.74, 6) is -2.83. The van der Waals surface area contributed by atoms with E-state index in [9.17, 15) is 23.1 Å². The molecule has 0 bridgehead atoms. The molecule has 2 rings (SSSR count). The van der Waals surface area contributed by atoms with Crippen molar-refractivity contribution in [2.45, 2.75) is 37.0 Å². The molecule has 0 aliphatic carbocycles. The molecule has 143 valence electrons. The summed E-state index contributed by atoms with van der Waals surface area (Å²) < 4.78 is 23.9. The molecular weight excluding hydrogens is 356 g/mol. The highest BCUT2D eigenvalue weighted by Gasteiger charge is 2.42. The molecule has 1 aromatic carbocycles. The summed E-state index contributed by atoms with van der Waals surface area (Å²) >= 11 is 0. The molecule has 0 spiro atoms. The maximum atomic E-state index is 12.0. The molecule has 1 saturated heterocycles.